The second-order valence-electron chi connectivity index (χ2n) is 5.65. The molecule has 0 saturated carbocycles. The Morgan fingerprint density at radius 2 is 1.57 bits per heavy atom. The van der Waals surface area contributed by atoms with E-state index in [9.17, 15) is 0 Å². The molecule has 0 aliphatic carbocycles. The molecule has 3 nitrogen and oxygen atoms in total. The zero-order valence-corrected chi connectivity index (χ0v) is 15.5. The van der Waals surface area contributed by atoms with Gasteiger partial charge in [0.15, 0.2) is 0 Å². The Labute approximate surface area is 142 Å². The van der Waals surface area contributed by atoms with Crippen LogP contribution < -0.4 is 4.74 Å². The molecule has 5 heteroatoms. The minimum absolute atomic E-state index is 0. The number of rotatable bonds is 8. The maximum atomic E-state index is 5.69. The highest BCUT2D eigenvalue weighted by Crippen LogP contribution is 2.14. The highest BCUT2D eigenvalue weighted by molar-refractivity contribution is 5.85. The van der Waals surface area contributed by atoms with E-state index in [1.54, 1.807) is 0 Å². The summed E-state index contributed by atoms with van der Waals surface area (Å²) in [6, 6.07) is 9.12. The molecule has 0 radical (unpaired) electrons. The molecule has 21 heavy (non-hydrogen) atoms. The van der Waals surface area contributed by atoms with E-state index in [4.69, 9.17) is 4.74 Å². The van der Waals surface area contributed by atoms with Crippen molar-refractivity contribution in [3.05, 3.63) is 29.8 Å². The lowest BCUT2D eigenvalue weighted by Gasteiger charge is -2.19. The minimum Gasteiger partial charge on any atom is -0.492 e. The molecule has 0 N–H and O–H groups in total. The average Bonchev–Trinajstić information content (AvgIpc) is 2.37. The van der Waals surface area contributed by atoms with Crippen molar-refractivity contribution in [2.45, 2.75) is 25.8 Å². The highest BCUT2D eigenvalue weighted by Gasteiger charge is 2.04. The molecule has 1 atom stereocenters. The van der Waals surface area contributed by atoms with Gasteiger partial charge in [0.1, 0.15) is 12.4 Å². The largest absolute Gasteiger partial charge is 0.492 e. The number of likely N-dealkylation sites (N-methyl/N-ethyl adjacent to an activating group) is 1. The minimum atomic E-state index is 0. The lowest BCUT2D eigenvalue weighted by atomic mass is 10.1. The zero-order chi connectivity index (χ0) is 14.3. The maximum Gasteiger partial charge on any atom is 0.119 e. The van der Waals surface area contributed by atoms with Gasteiger partial charge in [-0.25, -0.2) is 0 Å². The molecule has 0 saturated heterocycles. The Bertz CT molecular complexity index is 356. The van der Waals surface area contributed by atoms with Gasteiger partial charge in [-0.05, 0) is 65.7 Å². The first kappa shape index (κ1) is 22.8. The summed E-state index contributed by atoms with van der Waals surface area (Å²) in [4.78, 5) is 4.38. The van der Waals surface area contributed by atoms with Crippen molar-refractivity contribution < 1.29 is 4.74 Å². The molecule has 1 rings (SSSR count). The van der Waals surface area contributed by atoms with Gasteiger partial charge >= 0.3 is 0 Å². The fourth-order valence-electron chi connectivity index (χ4n) is 1.73. The molecule has 0 aliphatic rings. The van der Waals surface area contributed by atoms with Gasteiger partial charge in [-0.2, -0.15) is 0 Å². The fraction of sp³-hybridized carbons (Fsp3) is 0.625. The van der Waals surface area contributed by atoms with Gasteiger partial charge in [0, 0.05) is 12.6 Å². The molecule has 1 unspecified atom stereocenters. The Balaban J connectivity index is 0. The first-order valence-electron chi connectivity index (χ1n) is 7.02. The van der Waals surface area contributed by atoms with E-state index in [0.717, 1.165) is 25.3 Å². The van der Waals surface area contributed by atoms with Crippen molar-refractivity contribution in [1.29, 1.82) is 0 Å². The lowest BCUT2D eigenvalue weighted by Crippen LogP contribution is -2.24. The normalized spacial score (nSPS) is 11.8. The molecule has 0 amide bonds. The van der Waals surface area contributed by atoms with Gasteiger partial charge < -0.3 is 14.5 Å². The molecule has 0 bridgehead atoms. The number of benzene rings is 1. The van der Waals surface area contributed by atoms with Crippen LogP contribution in [0.3, 0.4) is 0 Å². The van der Waals surface area contributed by atoms with E-state index in [1.165, 1.54) is 12.0 Å². The maximum absolute atomic E-state index is 5.69. The third-order valence-corrected chi connectivity index (χ3v) is 3.46. The van der Waals surface area contributed by atoms with E-state index in [0.29, 0.717) is 6.04 Å². The third kappa shape index (κ3) is 9.97. The summed E-state index contributed by atoms with van der Waals surface area (Å²) in [5, 5.41) is 0. The fourth-order valence-corrected chi connectivity index (χ4v) is 1.73. The van der Waals surface area contributed by atoms with Crippen molar-refractivity contribution in [2.75, 3.05) is 41.3 Å². The summed E-state index contributed by atoms with van der Waals surface area (Å²) >= 11 is 0. The predicted octanol–water partition coefficient (Wildman–Crippen LogP) is 3.35. The molecule has 0 heterocycles. The van der Waals surface area contributed by atoms with Crippen LogP contribution >= 0.6 is 24.8 Å². The Morgan fingerprint density at radius 3 is 2.05 bits per heavy atom. The van der Waals surface area contributed by atoms with Gasteiger partial charge in [0.05, 0.1) is 0 Å². The summed E-state index contributed by atoms with van der Waals surface area (Å²) in [6.45, 7) is 3.95. The van der Waals surface area contributed by atoms with Crippen molar-refractivity contribution in [2.24, 2.45) is 0 Å². The third-order valence-electron chi connectivity index (χ3n) is 3.46. The average molecular weight is 337 g/mol. The first-order valence-corrected chi connectivity index (χ1v) is 7.02. The Morgan fingerprint density at radius 1 is 1.00 bits per heavy atom. The van der Waals surface area contributed by atoms with E-state index < -0.39 is 0 Å². The van der Waals surface area contributed by atoms with Crippen LogP contribution in [0.2, 0.25) is 0 Å². The summed E-state index contributed by atoms with van der Waals surface area (Å²) < 4.78 is 5.69. The molecular formula is C16H30Cl2N2O. The van der Waals surface area contributed by atoms with Crippen LogP contribution in [0.25, 0.3) is 0 Å². The van der Waals surface area contributed by atoms with Gasteiger partial charge in [-0.15, -0.1) is 24.8 Å². The van der Waals surface area contributed by atoms with Gasteiger partial charge in [0.25, 0.3) is 0 Å². The molecule has 0 spiro atoms. The van der Waals surface area contributed by atoms with E-state index in [1.807, 2.05) is 0 Å². The topological polar surface area (TPSA) is 15.7 Å². The van der Waals surface area contributed by atoms with Gasteiger partial charge in [-0.3, -0.25) is 0 Å². The highest BCUT2D eigenvalue weighted by atomic mass is 35.5. The molecule has 1 aromatic rings. The molecule has 1 aromatic carbocycles. The van der Waals surface area contributed by atoms with E-state index in [-0.39, 0.29) is 24.8 Å². The smallest absolute Gasteiger partial charge is 0.119 e. The van der Waals surface area contributed by atoms with E-state index >= 15 is 0 Å². The van der Waals surface area contributed by atoms with Crippen molar-refractivity contribution in [3.63, 3.8) is 0 Å². The van der Waals surface area contributed by atoms with E-state index in [2.05, 4.69) is 69.2 Å². The van der Waals surface area contributed by atoms with Gasteiger partial charge in [-0.1, -0.05) is 12.1 Å². The van der Waals surface area contributed by atoms with Crippen LogP contribution in [0.4, 0.5) is 0 Å². The monoisotopic (exact) mass is 336 g/mol. The Kier molecular flexibility index (Phi) is 13.1. The van der Waals surface area contributed by atoms with Crippen molar-refractivity contribution in [1.82, 2.24) is 9.80 Å². The van der Waals surface area contributed by atoms with Crippen LogP contribution in [-0.2, 0) is 6.42 Å². The van der Waals surface area contributed by atoms with Gasteiger partial charge in [0.2, 0.25) is 0 Å². The summed E-state index contributed by atoms with van der Waals surface area (Å²) in [7, 11) is 8.37. The first-order chi connectivity index (χ1) is 8.99. The number of ether oxygens (including phenoxy) is 1. The van der Waals surface area contributed by atoms with Crippen LogP contribution in [0.5, 0.6) is 5.75 Å². The number of hydrogen-bond acceptors (Lipinski definition) is 3. The summed E-state index contributed by atoms with van der Waals surface area (Å²) in [5.41, 5.74) is 1.38. The number of nitrogens with zero attached hydrogens (tertiary/aromatic N) is 2. The molecule has 124 valence electrons. The van der Waals surface area contributed by atoms with Crippen LogP contribution in [0.1, 0.15) is 18.9 Å². The zero-order valence-electron chi connectivity index (χ0n) is 13.8. The SMILES string of the molecule is CC(CCc1ccc(OCCN(C)C)cc1)N(C)C.Cl.Cl. The lowest BCUT2D eigenvalue weighted by molar-refractivity contribution is 0.261. The number of aryl methyl sites for hydroxylation is 1. The second kappa shape index (κ2) is 12.1. The number of halogens is 2. The van der Waals surface area contributed by atoms with Crippen LogP contribution in [0.15, 0.2) is 24.3 Å². The van der Waals surface area contributed by atoms with Crippen LogP contribution in [-0.4, -0.2) is 57.2 Å². The predicted molar refractivity (Wildman–Crippen MR) is 96.5 cm³/mol. The molecule has 0 aromatic heterocycles. The summed E-state index contributed by atoms with van der Waals surface area (Å²) in [5.74, 6) is 0.964. The Hall–Kier alpha value is -0.480. The molecular weight excluding hydrogens is 307 g/mol. The number of hydrogen-bond donors (Lipinski definition) is 0. The standard InChI is InChI=1S/C16H28N2O.2ClH/c1-14(18(4)5)6-7-15-8-10-16(11-9-15)19-13-12-17(2)3;;/h8-11,14H,6-7,12-13H2,1-5H3;2*1H. The summed E-state index contributed by atoms with van der Waals surface area (Å²) in [6.07, 6.45) is 2.31. The molecule has 0 fully saturated rings. The second-order valence-corrected chi connectivity index (χ2v) is 5.65. The molecule has 0 aliphatic heterocycles. The van der Waals surface area contributed by atoms with Crippen molar-refractivity contribution in [3.8, 4) is 5.75 Å². The quantitative estimate of drug-likeness (QED) is 0.723. The van der Waals surface area contributed by atoms with Crippen molar-refractivity contribution >= 4 is 24.8 Å². The van der Waals surface area contributed by atoms with Crippen LogP contribution in [0, 0.1) is 0 Å².